The van der Waals surface area contributed by atoms with E-state index in [-0.39, 0.29) is 0 Å². The molecule has 53 valence electrons. The Balaban J connectivity index is 3.06. The minimum atomic E-state index is 1.10. The first kappa shape index (κ1) is 7.67. The number of benzene rings is 1. The fourth-order valence-electron chi connectivity index (χ4n) is 0.942. The van der Waals surface area contributed by atoms with Gasteiger partial charge in [-0.05, 0) is 43.4 Å². The van der Waals surface area contributed by atoms with E-state index in [9.17, 15) is 0 Å². The van der Waals surface area contributed by atoms with Crippen molar-refractivity contribution in [1.82, 2.24) is 0 Å². The third-order valence-corrected chi connectivity index (χ3v) is 2.05. The molecule has 0 nitrogen and oxygen atoms in total. The molecule has 0 atom stereocenters. The van der Waals surface area contributed by atoms with Crippen LogP contribution in [0.15, 0.2) is 23.1 Å². The minimum Gasteiger partial charge on any atom is -0.130 e. The SMILES string of the molecule is [CH2]c1cc(C)cc(SC)c1. The van der Waals surface area contributed by atoms with Gasteiger partial charge in [0, 0.05) is 4.90 Å². The molecule has 0 spiro atoms. The van der Waals surface area contributed by atoms with E-state index in [1.807, 2.05) is 0 Å². The lowest BCUT2D eigenvalue weighted by molar-refractivity contribution is 1.34. The number of rotatable bonds is 1. The molecular formula is C9H11S. The quantitative estimate of drug-likeness (QED) is 0.556. The second-order valence-electron chi connectivity index (χ2n) is 2.36. The average Bonchev–Trinajstić information content (AvgIpc) is 1.85. The zero-order chi connectivity index (χ0) is 7.56. The van der Waals surface area contributed by atoms with E-state index in [1.165, 1.54) is 10.5 Å². The monoisotopic (exact) mass is 151 g/mol. The molecule has 0 aromatic heterocycles. The third kappa shape index (κ3) is 1.77. The van der Waals surface area contributed by atoms with Crippen molar-refractivity contribution >= 4 is 11.8 Å². The molecule has 1 heteroatoms. The molecule has 0 saturated carbocycles. The number of hydrogen-bond donors (Lipinski definition) is 0. The van der Waals surface area contributed by atoms with Gasteiger partial charge in [0.05, 0.1) is 0 Å². The van der Waals surface area contributed by atoms with Crippen LogP contribution < -0.4 is 0 Å². The topological polar surface area (TPSA) is 0 Å². The summed E-state index contributed by atoms with van der Waals surface area (Å²) in [6, 6.07) is 6.34. The van der Waals surface area contributed by atoms with Crippen LogP contribution in [0.3, 0.4) is 0 Å². The van der Waals surface area contributed by atoms with Crippen molar-refractivity contribution in [2.75, 3.05) is 6.26 Å². The standard InChI is InChI=1S/C9H11S/c1-7-4-8(2)6-9(5-7)10-3/h4-6H,1H2,2-3H3. The van der Waals surface area contributed by atoms with Gasteiger partial charge in [0.25, 0.3) is 0 Å². The van der Waals surface area contributed by atoms with Gasteiger partial charge in [-0.1, -0.05) is 6.07 Å². The Morgan fingerprint density at radius 3 is 2.50 bits per heavy atom. The van der Waals surface area contributed by atoms with Crippen LogP contribution in [0, 0.1) is 13.8 Å². The van der Waals surface area contributed by atoms with Gasteiger partial charge in [-0.25, -0.2) is 0 Å². The first-order chi connectivity index (χ1) is 4.72. The maximum Gasteiger partial charge on any atom is 0.00745 e. The Kier molecular flexibility index (Phi) is 2.39. The summed E-state index contributed by atoms with van der Waals surface area (Å²) in [7, 11) is 0. The predicted molar refractivity (Wildman–Crippen MR) is 47.4 cm³/mol. The summed E-state index contributed by atoms with van der Waals surface area (Å²) in [5, 5.41) is 0. The molecular weight excluding hydrogens is 140 g/mol. The van der Waals surface area contributed by atoms with Gasteiger partial charge in [0.2, 0.25) is 0 Å². The highest BCUT2D eigenvalue weighted by atomic mass is 32.2. The van der Waals surface area contributed by atoms with Gasteiger partial charge in [-0.15, -0.1) is 11.8 Å². The predicted octanol–water partition coefficient (Wildman–Crippen LogP) is 2.90. The van der Waals surface area contributed by atoms with E-state index < -0.39 is 0 Å². The molecule has 0 amide bonds. The van der Waals surface area contributed by atoms with Gasteiger partial charge in [0.1, 0.15) is 0 Å². The first-order valence-electron chi connectivity index (χ1n) is 3.20. The van der Waals surface area contributed by atoms with Crippen LogP contribution in [-0.4, -0.2) is 6.26 Å². The molecule has 0 aliphatic carbocycles. The highest BCUT2D eigenvalue weighted by Crippen LogP contribution is 2.17. The molecule has 1 radical (unpaired) electrons. The molecule has 0 fully saturated rings. The zero-order valence-electron chi connectivity index (χ0n) is 6.35. The second kappa shape index (κ2) is 3.11. The molecule has 10 heavy (non-hydrogen) atoms. The normalized spacial score (nSPS) is 9.90. The first-order valence-corrected chi connectivity index (χ1v) is 4.42. The Hall–Kier alpha value is -0.430. The fraction of sp³-hybridized carbons (Fsp3) is 0.222. The van der Waals surface area contributed by atoms with E-state index in [1.54, 1.807) is 11.8 Å². The lowest BCUT2D eigenvalue weighted by atomic mass is 10.2. The van der Waals surface area contributed by atoms with Gasteiger partial charge < -0.3 is 0 Å². The number of hydrogen-bond acceptors (Lipinski definition) is 1. The van der Waals surface area contributed by atoms with Crippen molar-refractivity contribution in [3.8, 4) is 0 Å². The molecule has 0 aliphatic rings. The molecule has 0 heterocycles. The summed E-state index contributed by atoms with van der Waals surface area (Å²) in [5.41, 5.74) is 2.39. The Morgan fingerprint density at radius 1 is 1.30 bits per heavy atom. The fourth-order valence-corrected chi connectivity index (χ4v) is 1.52. The minimum absolute atomic E-state index is 1.10. The summed E-state index contributed by atoms with van der Waals surface area (Å²) < 4.78 is 0. The van der Waals surface area contributed by atoms with E-state index in [0.29, 0.717) is 0 Å². The Morgan fingerprint density at radius 2 is 2.00 bits per heavy atom. The van der Waals surface area contributed by atoms with E-state index >= 15 is 0 Å². The molecule has 1 aromatic carbocycles. The summed E-state index contributed by atoms with van der Waals surface area (Å²) in [6.45, 7) is 5.97. The van der Waals surface area contributed by atoms with Crippen LogP contribution in [0.25, 0.3) is 0 Å². The van der Waals surface area contributed by atoms with Crippen molar-refractivity contribution in [1.29, 1.82) is 0 Å². The summed E-state index contributed by atoms with van der Waals surface area (Å²) in [4.78, 5) is 1.30. The highest BCUT2D eigenvalue weighted by Gasteiger charge is 1.91. The highest BCUT2D eigenvalue weighted by molar-refractivity contribution is 7.98. The summed E-state index contributed by atoms with van der Waals surface area (Å²) >= 11 is 1.76. The average molecular weight is 151 g/mol. The molecule has 0 unspecified atom stereocenters. The smallest absolute Gasteiger partial charge is 0.00745 e. The van der Waals surface area contributed by atoms with Gasteiger partial charge in [-0.3, -0.25) is 0 Å². The van der Waals surface area contributed by atoms with Gasteiger partial charge in [-0.2, -0.15) is 0 Å². The molecule has 0 saturated heterocycles. The lowest BCUT2D eigenvalue weighted by Crippen LogP contribution is -1.77. The van der Waals surface area contributed by atoms with Crippen LogP contribution in [0.2, 0.25) is 0 Å². The van der Waals surface area contributed by atoms with Gasteiger partial charge >= 0.3 is 0 Å². The van der Waals surface area contributed by atoms with Crippen LogP contribution in [0.4, 0.5) is 0 Å². The Labute approximate surface area is 66.6 Å². The van der Waals surface area contributed by atoms with Crippen LogP contribution in [0.1, 0.15) is 11.1 Å². The number of aryl methyl sites for hydroxylation is 1. The lowest BCUT2D eigenvalue weighted by Gasteiger charge is -1.99. The van der Waals surface area contributed by atoms with E-state index in [0.717, 1.165) is 5.56 Å². The molecule has 1 aromatic rings. The summed E-state index contributed by atoms with van der Waals surface area (Å²) in [5.74, 6) is 0. The number of thioether (sulfide) groups is 1. The van der Waals surface area contributed by atoms with E-state index in [2.05, 4.69) is 38.3 Å². The summed E-state index contributed by atoms with van der Waals surface area (Å²) in [6.07, 6.45) is 2.08. The zero-order valence-corrected chi connectivity index (χ0v) is 7.16. The maximum absolute atomic E-state index is 3.88. The molecule has 1 rings (SSSR count). The van der Waals surface area contributed by atoms with Crippen molar-refractivity contribution in [2.45, 2.75) is 11.8 Å². The molecule has 0 aliphatic heterocycles. The van der Waals surface area contributed by atoms with Gasteiger partial charge in [0.15, 0.2) is 0 Å². The van der Waals surface area contributed by atoms with Crippen LogP contribution >= 0.6 is 11.8 Å². The van der Waals surface area contributed by atoms with Crippen molar-refractivity contribution in [2.24, 2.45) is 0 Å². The van der Waals surface area contributed by atoms with E-state index in [4.69, 9.17) is 0 Å². The van der Waals surface area contributed by atoms with Crippen molar-refractivity contribution in [3.05, 3.63) is 36.2 Å². The van der Waals surface area contributed by atoms with Crippen molar-refractivity contribution in [3.63, 3.8) is 0 Å². The molecule has 0 bridgehead atoms. The van der Waals surface area contributed by atoms with Crippen LogP contribution in [-0.2, 0) is 0 Å². The third-order valence-electron chi connectivity index (χ3n) is 1.35. The Bertz CT molecular complexity index is 208. The second-order valence-corrected chi connectivity index (χ2v) is 3.24. The largest absolute Gasteiger partial charge is 0.130 e. The van der Waals surface area contributed by atoms with Crippen molar-refractivity contribution < 1.29 is 0 Å². The van der Waals surface area contributed by atoms with Crippen LogP contribution in [0.5, 0.6) is 0 Å². The molecule has 0 N–H and O–H groups in total. The maximum atomic E-state index is 3.88.